The molecule has 0 bridgehead atoms. The number of hydrogen-bond donors (Lipinski definition) is 1. The van der Waals surface area contributed by atoms with Gasteiger partial charge in [0.05, 0.1) is 24.7 Å². The average Bonchev–Trinajstić information content (AvgIpc) is 2.67. The van der Waals surface area contributed by atoms with Crippen LogP contribution in [-0.4, -0.2) is 34.6 Å². The number of carbonyl (C=O) groups is 2. The van der Waals surface area contributed by atoms with Crippen LogP contribution in [0.25, 0.3) is 0 Å². The standard InChI is InChI=1S/C17H15F2NO6S/c1-25-16(21)10-4-3-5-12(8-10)27(23,24)20-15(17(22)26-2)13-9-11(18)6-7-14(13)19/h3-9,15,20H,1-2H3. The van der Waals surface area contributed by atoms with Crippen LogP contribution >= 0.6 is 0 Å². The normalized spacial score (nSPS) is 12.3. The van der Waals surface area contributed by atoms with E-state index in [0.29, 0.717) is 6.07 Å². The van der Waals surface area contributed by atoms with E-state index in [0.717, 1.165) is 38.5 Å². The fourth-order valence-electron chi connectivity index (χ4n) is 2.22. The smallest absolute Gasteiger partial charge is 0.337 e. The highest BCUT2D eigenvalue weighted by Crippen LogP contribution is 2.23. The first kappa shape index (κ1) is 20.5. The van der Waals surface area contributed by atoms with Crippen molar-refractivity contribution in [2.24, 2.45) is 0 Å². The van der Waals surface area contributed by atoms with E-state index in [2.05, 4.69) is 9.47 Å². The number of benzene rings is 2. The lowest BCUT2D eigenvalue weighted by molar-refractivity contribution is -0.142. The number of methoxy groups -OCH3 is 2. The van der Waals surface area contributed by atoms with E-state index in [1.165, 1.54) is 12.1 Å². The lowest BCUT2D eigenvalue weighted by Crippen LogP contribution is -2.35. The summed E-state index contributed by atoms with van der Waals surface area (Å²) >= 11 is 0. The van der Waals surface area contributed by atoms with Gasteiger partial charge in [0, 0.05) is 5.56 Å². The predicted octanol–water partition coefficient (Wildman–Crippen LogP) is 1.94. The molecule has 1 atom stereocenters. The number of nitrogens with one attached hydrogen (secondary N) is 1. The van der Waals surface area contributed by atoms with Crippen molar-refractivity contribution in [3.63, 3.8) is 0 Å². The fraction of sp³-hybridized carbons (Fsp3) is 0.176. The van der Waals surface area contributed by atoms with E-state index in [1.54, 1.807) is 0 Å². The van der Waals surface area contributed by atoms with Crippen molar-refractivity contribution >= 4 is 22.0 Å². The monoisotopic (exact) mass is 399 g/mol. The highest BCUT2D eigenvalue weighted by Gasteiger charge is 2.31. The molecule has 0 aromatic heterocycles. The van der Waals surface area contributed by atoms with Gasteiger partial charge in [-0.25, -0.2) is 26.8 Å². The van der Waals surface area contributed by atoms with Gasteiger partial charge in [-0.1, -0.05) is 6.07 Å². The van der Waals surface area contributed by atoms with Gasteiger partial charge in [-0.3, -0.25) is 0 Å². The number of rotatable bonds is 6. The van der Waals surface area contributed by atoms with Crippen LogP contribution in [0.2, 0.25) is 0 Å². The van der Waals surface area contributed by atoms with Crippen LogP contribution < -0.4 is 4.72 Å². The van der Waals surface area contributed by atoms with Crippen molar-refractivity contribution in [1.82, 2.24) is 4.72 Å². The number of ether oxygens (including phenoxy) is 2. The minimum absolute atomic E-state index is 0.0491. The summed E-state index contributed by atoms with van der Waals surface area (Å²) < 4.78 is 63.7. The molecule has 1 unspecified atom stereocenters. The lowest BCUT2D eigenvalue weighted by Gasteiger charge is -2.18. The average molecular weight is 399 g/mol. The number of hydrogen-bond acceptors (Lipinski definition) is 6. The molecular formula is C17H15F2NO6S. The summed E-state index contributed by atoms with van der Waals surface area (Å²) in [5.74, 6) is -3.79. The summed E-state index contributed by atoms with van der Waals surface area (Å²) in [6.07, 6.45) is 0. The maximum Gasteiger partial charge on any atom is 0.337 e. The highest BCUT2D eigenvalue weighted by atomic mass is 32.2. The third-order valence-electron chi connectivity index (χ3n) is 3.54. The third kappa shape index (κ3) is 4.66. The molecule has 144 valence electrons. The summed E-state index contributed by atoms with van der Waals surface area (Å²) in [6.45, 7) is 0. The van der Waals surface area contributed by atoms with E-state index < -0.39 is 45.2 Å². The van der Waals surface area contributed by atoms with Crippen molar-refractivity contribution in [1.29, 1.82) is 0 Å². The van der Waals surface area contributed by atoms with Crippen molar-refractivity contribution in [2.75, 3.05) is 14.2 Å². The molecule has 0 aliphatic rings. The molecule has 2 rings (SSSR count). The molecule has 0 aliphatic carbocycles. The minimum atomic E-state index is -4.40. The summed E-state index contributed by atoms with van der Waals surface area (Å²) in [4.78, 5) is 23.2. The van der Waals surface area contributed by atoms with Crippen LogP contribution in [0, 0.1) is 11.6 Å². The molecular weight excluding hydrogens is 384 g/mol. The van der Waals surface area contributed by atoms with E-state index >= 15 is 0 Å². The zero-order chi connectivity index (χ0) is 20.2. The first-order valence-corrected chi connectivity index (χ1v) is 8.91. The van der Waals surface area contributed by atoms with Gasteiger partial charge >= 0.3 is 11.9 Å². The molecule has 7 nitrogen and oxygen atoms in total. The molecule has 0 amide bonds. The Morgan fingerprint density at radius 1 is 1.04 bits per heavy atom. The molecule has 27 heavy (non-hydrogen) atoms. The molecule has 0 saturated heterocycles. The first-order chi connectivity index (χ1) is 12.7. The van der Waals surface area contributed by atoms with Gasteiger partial charge in [0.15, 0.2) is 0 Å². The second-order valence-corrected chi connectivity index (χ2v) is 6.98. The van der Waals surface area contributed by atoms with Gasteiger partial charge in [-0.05, 0) is 36.4 Å². The van der Waals surface area contributed by atoms with Crippen LogP contribution in [0.4, 0.5) is 8.78 Å². The zero-order valence-corrected chi connectivity index (χ0v) is 15.0. The quantitative estimate of drug-likeness (QED) is 0.746. The molecule has 10 heteroatoms. The second kappa shape index (κ2) is 8.23. The third-order valence-corrected chi connectivity index (χ3v) is 4.96. The van der Waals surface area contributed by atoms with Gasteiger partial charge in [0.2, 0.25) is 10.0 Å². The van der Waals surface area contributed by atoms with E-state index in [1.807, 2.05) is 4.72 Å². The van der Waals surface area contributed by atoms with Crippen molar-refractivity contribution in [3.05, 3.63) is 65.2 Å². The molecule has 0 radical (unpaired) electrons. The van der Waals surface area contributed by atoms with Gasteiger partial charge in [-0.2, -0.15) is 4.72 Å². The number of halogens is 2. The molecule has 1 N–H and O–H groups in total. The fourth-order valence-corrected chi connectivity index (χ4v) is 3.43. The number of sulfonamides is 1. The molecule has 0 fully saturated rings. The van der Waals surface area contributed by atoms with Crippen molar-refractivity contribution in [3.8, 4) is 0 Å². The molecule has 0 saturated carbocycles. The largest absolute Gasteiger partial charge is 0.468 e. The van der Waals surface area contributed by atoms with Crippen LogP contribution in [0.3, 0.4) is 0 Å². The van der Waals surface area contributed by atoms with Crippen LogP contribution in [0.1, 0.15) is 22.0 Å². The Balaban J connectivity index is 2.47. The Bertz CT molecular complexity index is 977. The lowest BCUT2D eigenvalue weighted by atomic mass is 10.1. The number of carbonyl (C=O) groups excluding carboxylic acids is 2. The second-order valence-electron chi connectivity index (χ2n) is 5.26. The van der Waals surface area contributed by atoms with E-state index in [-0.39, 0.29) is 10.5 Å². The molecule has 2 aromatic rings. The van der Waals surface area contributed by atoms with Gasteiger partial charge in [-0.15, -0.1) is 0 Å². The summed E-state index contributed by atoms with van der Waals surface area (Å²) in [5.41, 5.74) is -0.596. The SMILES string of the molecule is COC(=O)c1cccc(S(=O)(=O)NC(C(=O)OC)c2cc(F)ccc2F)c1. The first-order valence-electron chi connectivity index (χ1n) is 7.43. The maximum absolute atomic E-state index is 14.0. The summed E-state index contributed by atoms with van der Waals surface area (Å²) in [5, 5.41) is 0. The van der Waals surface area contributed by atoms with Gasteiger partial charge in [0.25, 0.3) is 0 Å². The van der Waals surface area contributed by atoms with Crippen LogP contribution in [0.15, 0.2) is 47.4 Å². The summed E-state index contributed by atoms with van der Waals surface area (Å²) in [7, 11) is -2.31. The van der Waals surface area contributed by atoms with Crippen LogP contribution in [-0.2, 0) is 24.3 Å². The molecule has 0 spiro atoms. The topological polar surface area (TPSA) is 98.8 Å². The molecule has 0 heterocycles. The van der Waals surface area contributed by atoms with Crippen LogP contribution in [0.5, 0.6) is 0 Å². The number of esters is 2. The zero-order valence-electron chi connectivity index (χ0n) is 14.2. The molecule has 2 aromatic carbocycles. The van der Waals surface area contributed by atoms with Crippen molar-refractivity contribution < 1.29 is 36.3 Å². The summed E-state index contributed by atoms with van der Waals surface area (Å²) in [6, 6.07) is 5.22. The Hall–Kier alpha value is -2.85. The maximum atomic E-state index is 14.0. The van der Waals surface area contributed by atoms with Crippen molar-refractivity contribution in [2.45, 2.75) is 10.9 Å². The Labute approximate surface area is 154 Å². The Morgan fingerprint density at radius 2 is 1.74 bits per heavy atom. The highest BCUT2D eigenvalue weighted by molar-refractivity contribution is 7.89. The molecule has 0 aliphatic heterocycles. The van der Waals surface area contributed by atoms with E-state index in [4.69, 9.17) is 0 Å². The Morgan fingerprint density at radius 3 is 2.37 bits per heavy atom. The Kier molecular flexibility index (Phi) is 6.24. The minimum Gasteiger partial charge on any atom is -0.468 e. The van der Waals surface area contributed by atoms with Gasteiger partial charge in [0.1, 0.15) is 17.7 Å². The predicted molar refractivity (Wildman–Crippen MR) is 89.2 cm³/mol. The van der Waals surface area contributed by atoms with Gasteiger partial charge < -0.3 is 9.47 Å². The van der Waals surface area contributed by atoms with E-state index in [9.17, 15) is 26.8 Å².